The molecule has 102 valence electrons. The fraction of sp³-hybridized carbons (Fsp3) is 0.231. The standard InChI is InChI=1S/C13H12Cl3NOS/c14-9-5-10(15)7-11(6-9)18-4-3-17-8-12-1-2-13(16)19-12/h1-2,5-7,17H,3-4,8H2. The van der Waals surface area contributed by atoms with E-state index in [1.165, 1.54) is 4.88 Å². The Balaban J connectivity index is 1.69. The molecule has 1 aromatic heterocycles. The first-order valence-electron chi connectivity index (χ1n) is 5.67. The molecule has 19 heavy (non-hydrogen) atoms. The molecule has 0 radical (unpaired) electrons. The van der Waals surface area contributed by atoms with Gasteiger partial charge in [0.05, 0.1) is 4.34 Å². The minimum Gasteiger partial charge on any atom is -0.492 e. The molecule has 0 bridgehead atoms. The number of ether oxygens (including phenoxy) is 1. The Labute approximate surface area is 131 Å². The molecule has 0 aliphatic carbocycles. The molecule has 0 saturated carbocycles. The van der Waals surface area contributed by atoms with Crippen LogP contribution in [0.1, 0.15) is 4.88 Å². The Morgan fingerprint density at radius 1 is 1.05 bits per heavy atom. The Morgan fingerprint density at radius 2 is 1.79 bits per heavy atom. The van der Waals surface area contributed by atoms with Crippen molar-refractivity contribution in [2.24, 2.45) is 0 Å². The van der Waals surface area contributed by atoms with Crippen LogP contribution in [-0.4, -0.2) is 13.2 Å². The monoisotopic (exact) mass is 335 g/mol. The second-order valence-corrected chi connectivity index (χ2v) is 6.51. The van der Waals surface area contributed by atoms with Gasteiger partial charge >= 0.3 is 0 Å². The van der Waals surface area contributed by atoms with Gasteiger partial charge in [0, 0.05) is 28.0 Å². The summed E-state index contributed by atoms with van der Waals surface area (Å²) in [5.41, 5.74) is 0. The predicted molar refractivity (Wildman–Crippen MR) is 83.0 cm³/mol. The lowest BCUT2D eigenvalue weighted by molar-refractivity contribution is 0.314. The third-order valence-electron chi connectivity index (χ3n) is 2.31. The van der Waals surface area contributed by atoms with Crippen LogP contribution in [0.2, 0.25) is 14.4 Å². The van der Waals surface area contributed by atoms with E-state index in [2.05, 4.69) is 5.32 Å². The summed E-state index contributed by atoms with van der Waals surface area (Å²) in [6, 6.07) is 9.07. The van der Waals surface area contributed by atoms with E-state index in [0.29, 0.717) is 22.4 Å². The molecular formula is C13H12Cl3NOS. The molecule has 0 aliphatic rings. The summed E-state index contributed by atoms with van der Waals surface area (Å²) in [5, 5.41) is 4.42. The molecule has 1 heterocycles. The summed E-state index contributed by atoms with van der Waals surface area (Å²) in [6.45, 7) is 2.08. The third kappa shape index (κ3) is 5.21. The third-order valence-corrected chi connectivity index (χ3v) is 3.98. The highest BCUT2D eigenvalue weighted by atomic mass is 35.5. The molecule has 0 aliphatic heterocycles. The number of benzene rings is 1. The Kier molecular flexibility index (Phi) is 5.79. The van der Waals surface area contributed by atoms with Crippen LogP contribution in [0.5, 0.6) is 5.75 Å². The van der Waals surface area contributed by atoms with Crippen LogP contribution in [-0.2, 0) is 6.54 Å². The number of thiophene rings is 1. The summed E-state index contributed by atoms with van der Waals surface area (Å²) < 4.78 is 6.36. The second kappa shape index (κ2) is 7.36. The normalized spacial score (nSPS) is 10.7. The molecule has 2 rings (SSSR count). The second-order valence-electron chi connectivity index (χ2n) is 3.84. The van der Waals surface area contributed by atoms with Gasteiger partial charge in [0.2, 0.25) is 0 Å². The van der Waals surface area contributed by atoms with Crippen LogP contribution in [0.4, 0.5) is 0 Å². The number of nitrogens with one attached hydrogen (secondary N) is 1. The highest BCUT2D eigenvalue weighted by molar-refractivity contribution is 7.16. The van der Waals surface area contributed by atoms with Crippen molar-refractivity contribution in [3.63, 3.8) is 0 Å². The maximum absolute atomic E-state index is 5.88. The molecule has 0 fully saturated rings. The first-order valence-corrected chi connectivity index (χ1v) is 7.62. The van der Waals surface area contributed by atoms with E-state index in [1.807, 2.05) is 12.1 Å². The lowest BCUT2D eigenvalue weighted by atomic mass is 10.3. The van der Waals surface area contributed by atoms with Crippen LogP contribution in [0, 0.1) is 0 Å². The summed E-state index contributed by atoms with van der Waals surface area (Å²) >= 11 is 19.2. The van der Waals surface area contributed by atoms with E-state index in [1.54, 1.807) is 29.5 Å². The average Bonchev–Trinajstić information content (AvgIpc) is 2.73. The summed E-state index contributed by atoms with van der Waals surface area (Å²) in [6.07, 6.45) is 0. The Morgan fingerprint density at radius 3 is 2.42 bits per heavy atom. The van der Waals surface area contributed by atoms with Gasteiger partial charge < -0.3 is 10.1 Å². The van der Waals surface area contributed by atoms with Crippen molar-refractivity contribution in [2.75, 3.05) is 13.2 Å². The minimum atomic E-state index is 0.551. The van der Waals surface area contributed by atoms with Crippen LogP contribution >= 0.6 is 46.1 Å². The van der Waals surface area contributed by atoms with Gasteiger partial charge in [-0.1, -0.05) is 34.8 Å². The van der Waals surface area contributed by atoms with Gasteiger partial charge in [-0.2, -0.15) is 0 Å². The molecule has 0 atom stereocenters. The maximum Gasteiger partial charge on any atom is 0.122 e. The average molecular weight is 337 g/mol. The van der Waals surface area contributed by atoms with Crippen molar-refractivity contribution in [3.8, 4) is 5.75 Å². The lowest BCUT2D eigenvalue weighted by Crippen LogP contribution is -2.20. The van der Waals surface area contributed by atoms with Crippen molar-refractivity contribution in [1.29, 1.82) is 0 Å². The molecule has 2 aromatic rings. The summed E-state index contributed by atoms with van der Waals surface area (Å²) in [4.78, 5) is 1.20. The Bertz CT molecular complexity index is 524. The van der Waals surface area contributed by atoms with Crippen LogP contribution in [0.3, 0.4) is 0 Å². The highest BCUT2D eigenvalue weighted by Gasteiger charge is 2.00. The zero-order chi connectivity index (χ0) is 13.7. The summed E-state index contributed by atoms with van der Waals surface area (Å²) in [7, 11) is 0. The minimum absolute atomic E-state index is 0.551. The first kappa shape index (κ1) is 14.9. The topological polar surface area (TPSA) is 21.3 Å². The number of hydrogen-bond donors (Lipinski definition) is 1. The van der Waals surface area contributed by atoms with Gasteiger partial charge in [-0.25, -0.2) is 0 Å². The van der Waals surface area contributed by atoms with E-state index >= 15 is 0 Å². The Hall–Kier alpha value is -0.450. The molecule has 0 saturated heterocycles. The number of hydrogen-bond acceptors (Lipinski definition) is 3. The van der Waals surface area contributed by atoms with Crippen molar-refractivity contribution in [3.05, 3.63) is 49.6 Å². The number of halogens is 3. The molecule has 0 amide bonds. The molecule has 1 N–H and O–H groups in total. The smallest absolute Gasteiger partial charge is 0.122 e. The van der Waals surface area contributed by atoms with Crippen LogP contribution in [0.25, 0.3) is 0 Å². The van der Waals surface area contributed by atoms with Gasteiger partial charge in [0.25, 0.3) is 0 Å². The van der Waals surface area contributed by atoms with Crippen molar-refractivity contribution in [1.82, 2.24) is 5.32 Å². The van der Waals surface area contributed by atoms with E-state index in [-0.39, 0.29) is 0 Å². The molecule has 6 heteroatoms. The molecule has 0 unspecified atom stereocenters. The van der Waals surface area contributed by atoms with Crippen molar-refractivity contribution >= 4 is 46.1 Å². The summed E-state index contributed by atoms with van der Waals surface area (Å²) in [5.74, 6) is 0.679. The van der Waals surface area contributed by atoms with Gasteiger partial charge in [0.1, 0.15) is 12.4 Å². The van der Waals surface area contributed by atoms with Crippen molar-refractivity contribution < 1.29 is 4.74 Å². The fourth-order valence-corrected chi connectivity index (χ4v) is 3.07. The van der Waals surface area contributed by atoms with Gasteiger partial charge in [0.15, 0.2) is 0 Å². The van der Waals surface area contributed by atoms with E-state index in [0.717, 1.165) is 17.4 Å². The van der Waals surface area contributed by atoms with E-state index in [4.69, 9.17) is 39.5 Å². The predicted octanol–water partition coefficient (Wildman–Crippen LogP) is 4.88. The van der Waals surface area contributed by atoms with E-state index in [9.17, 15) is 0 Å². The highest BCUT2D eigenvalue weighted by Crippen LogP contribution is 2.24. The zero-order valence-electron chi connectivity index (χ0n) is 9.96. The first-order chi connectivity index (χ1) is 9.13. The SMILES string of the molecule is Clc1cc(Cl)cc(OCCNCc2ccc(Cl)s2)c1. The lowest BCUT2D eigenvalue weighted by Gasteiger charge is -2.07. The van der Waals surface area contributed by atoms with Gasteiger partial charge in [-0.05, 0) is 30.3 Å². The number of rotatable bonds is 6. The molecule has 0 spiro atoms. The van der Waals surface area contributed by atoms with Crippen LogP contribution < -0.4 is 10.1 Å². The maximum atomic E-state index is 5.88. The molecule has 1 aromatic carbocycles. The van der Waals surface area contributed by atoms with Gasteiger partial charge in [-0.3, -0.25) is 0 Å². The van der Waals surface area contributed by atoms with Gasteiger partial charge in [-0.15, -0.1) is 11.3 Å². The van der Waals surface area contributed by atoms with Crippen molar-refractivity contribution in [2.45, 2.75) is 6.54 Å². The largest absolute Gasteiger partial charge is 0.492 e. The molecule has 2 nitrogen and oxygen atoms in total. The van der Waals surface area contributed by atoms with Crippen LogP contribution in [0.15, 0.2) is 30.3 Å². The zero-order valence-corrected chi connectivity index (χ0v) is 13.0. The van der Waals surface area contributed by atoms with E-state index < -0.39 is 0 Å². The fourth-order valence-electron chi connectivity index (χ4n) is 1.51. The molecular weight excluding hydrogens is 325 g/mol. The quantitative estimate of drug-likeness (QED) is 0.759.